The smallest absolute Gasteiger partial charge is 0.289 e. The molecule has 134 valence electrons. The van der Waals surface area contributed by atoms with Crippen LogP contribution in [-0.4, -0.2) is 37.9 Å². The van der Waals surface area contributed by atoms with E-state index in [1.165, 1.54) is 6.39 Å². The highest BCUT2D eigenvalue weighted by atomic mass is 16.3. The van der Waals surface area contributed by atoms with Crippen LogP contribution in [0.4, 0.5) is 0 Å². The number of oxazole rings is 1. The summed E-state index contributed by atoms with van der Waals surface area (Å²) in [5.41, 5.74) is 1.32. The Morgan fingerprint density at radius 2 is 2.12 bits per heavy atom. The molecule has 2 aromatic heterocycles. The first kappa shape index (κ1) is 16.5. The van der Waals surface area contributed by atoms with Crippen LogP contribution in [0.1, 0.15) is 23.4 Å². The predicted molar refractivity (Wildman–Crippen MR) is 94.2 cm³/mol. The molecule has 0 aliphatic heterocycles. The first-order valence-electron chi connectivity index (χ1n) is 8.66. The molecule has 1 aliphatic rings. The molecule has 1 fully saturated rings. The molecule has 1 amide bonds. The van der Waals surface area contributed by atoms with Gasteiger partial charge in [-0.2, -0.15) is 5.10 Å². The van der Waals surface area contributed by atoms with Gasteiger partial charge in [-0.3, -0.25) is 9.48 Å². The Hall–Kier alpha value is -2.93. The summed E-state index contributed by atoms with van der Waals surface area (Å²) in [6.07, 6.45) is 5.65. The molecule has 1 saturated carbocycles. The standard InChI is InChI=1S/C19H20N4O3/c24-16-10-13(11-23-8-4-7-21-23)9-15(16)22-19(25)18-17(20-12-26-18)14-5-2-1-3-6-14/h1-8,12-13,15-16,24H,9-11H2,(H,22,25)/t13?,15-,16-/m1/s1. The maximum absolute atomic E-state index is 12.7. The van der Waals surface area contributed by atoms with Crippen LogP contribution in [0.3, 0.4) is 0 Å². The van der Waals surface area contributed by atoms with Gasteiger partial charge >= 0.3 is 0 Å². The van der Waals surface area contributed by atoms with Crippen LogP contribution in [0, 0.1) is 5.92 Å². The lowest BCUT2D eigenvalue weighted by atomic mass is 10.1. The van der Waals surface area contributed by atoms with Gasteiger partial charge in [0, 0.05) is 24.5 Å². The molecular weight excluding hydrogens is 332 g/mol. The second-order valence-electron chi connectivity index (χ2n) is 6.61. The Balaban J connectivity index is 1.43. The van der Waals surface area contributed by atoms with E-state index in [0.717, 1.165) is 12.1 Å². The van der Waals surface area contributed by atoms with Gasteiger partial charge in [0.15, 0.2) is 6.39 Å². The average Bonchev–Trinajstić information content (AvgIpc) is 3.38. The first-order chi connectivity index (χ1) is 12.7. The molecule has 7 nitrogen and oxygen atoms in total. The third-order valence-corrected chi connectivity index (χ3v) is 4.77. The van der Waals surface area contributed by atoms with Gasteiger partial charge in [0.05, 0.1) is 12.1 Å². The zero-order chi connectivity index (χ0) is 17.9. The number of benzene rings is 1. The molecule has 0 radical (unpaired) electrons. The third kappa shape index (κ3) is 3.39. The monoisotopic (exact) mass is 352 g/mol. The van der Waals surface area contributed by atoms with E-state index < -0.39 is 6.10 Å². The Morgan fingerprint density at radius 1 is 1.27 bits per heavy atom. The van der Waals surface area contributed by atoms with E-state index in [4.69, 9.17) is 4.42 Å². The van der Waals surface area contributed by atoms with Crippen molar-refractivity contribution in [2.24, 2.45) is 5.92 Å². The molecule has 1 aromatic carbocycles. The van der Waals surface area contributed by atoms with Gasteiger partial charge in [0.1, 0.15) is 5.69 Å². The fourth-order valence-electron chi connectivity index (χ4n) is 3.54. The maximum Gasteiger partial charge on any atom is 0.289 e. The lowest BCUT2D eigenvalue weighted by molar-refractivity contribution is 0.0847. The number of aliphatic hydroxyl groups excluding tert-OH is 1. The van der Waals surface area contributed by atoms with E-state index in [1.807, 2.05) is 47.3 Å². The van der Waals surface area contributed by atoms with Crippen molar-refractivity contribution in [2.75, 3.05) is 0 Å². The van der Waals surface area contributed by atoms with Gasteiger partial charge in [-0.05, 0) is 24.8 Å². The van der Waals surface area contributed by atoms with E-state index in [9.17, 15) is 9.90 Å². The molecule has 1 aliphatic carbocycles. The lowest BCUT2D eigenvalue weighted by Gasteiger charge is -2.15. The van der Waals surface area contributed by atoms with Crippen molar-refractivity contribution in [3.8, 4) is 11.3 Å². The number of nitrogens with zero attached hydrogens (tertiary/aromatic N) is 3. The highest BCUT2D eigenvalue weighted by Crippen LogP contribution is 2.28. The van der Waals surface area contributed by atoms with Crippen molar-refractivity contribution < 1.29 is 14.3 Å². The summed E-state index contributed by atoms with van der Waals surface area (Å²) in [5, 5.41) is 17.4. The number of aliphatic hydroxyl groups is 1. The van der Waals surface area contributed by atoms with Crippen molar-refractivity contribution in [1.29, 1.82) is 0 Å². The molecule has 2 heterocycles. The van der Waals surface area contributed by atoms with Gasteiger partial charge in [-0.15, -0.1) is 0 Å². The molecule has 26 heavy (non-hydrogen) atoms. The van der Waals surface area contributed by atoms with Crippen LogP contribution >= 0.6 is 0 Å². The Kier molecular flexibility index (Phi) is 4.53. The zero-order valence-corrected chi connectivity index (χ0v) is 14.2. The normalized spacial score (nSPS) is 22.4. The second kappa shape index (κ2) is 7.13. The van der Waals surface area contributed by atoms with Crippen LogP contribution in [-0.2, 0) is 6.54 Å². The van der Waals surface area contributed by atoms with Crippen molar-refractivity contribution >= 4 is 5.91 Å². The lowest BCUT2D eigenvalue weighted by Crippen LogP contribution is -2.40. The van der Waals surface area contributed by atoms with E-state index >= 15 is 0 Å². The average molecular weight is 352 g/mol. The second-order valence-corrected chi connectivity index (χ2v) is 6.61. The summed E-state index contributed by atoms with van der Waals surface area (Å²) in [5.74, 6) is 0.0718. The fourth-order valence-corrected chi connectivity index (χ4v) is 3.54. The van der Waals surface area contributed by atoms with Crippen molar-refractivity contribution in [3.63, 3.8) is 0 Å². The number of carbonyl (C=O) groups is 1. The largest absolute Gasteiger partial charge is 0.438 e. The first-order valence-corrected chi connectivity index (χ1v) is 8.66. The molecule has 2 N–H and O–H groups in total. The van der Waals surface area contributed by atoms with Gasteiger partial charge in [-0.1, -0.05) is 30.3 Å². The Bertz CT molecular complexity index is 860. The molecule has 3 aromatic rings. The minimum Gasteiger partial charge on any atom is -0.438 e. The highest BCUT2D eigenvalue weighted by molar-refractivity contribution is 5.97. The number of aromatic nitrogens is 3. The van der Waals surface area contributed by atoms with E-state index in [2.05, 4.69) is 15.4 Å². The molecule has 0 saturated heterocycles. The summed E-state index contributed by atoms with van der Waals surface area (Å²) >= 11 is 0. The highest BCUT2D eigenvalue weighted by Gasteiger charge is 2.35. The molecule has 3 atom stereocenters. The SMILES string of the molecule is O=C(N[C@@H]1CC(Cn2cccn2)C[C@H]1O)c1ocnc1-c1ccccc1. The molecular formula is C19H20N4O3. The third-order valence-electron chi connectivity index (χ3n) is 4.77. The summed E-state index contributed by atoms with van der Waals surface area (Å²) in [7, 11) is 0. The van der Waals surface area contributed by atoms with Crippen molar-refractivity contribution in [1.82, 2.24) is 20.1 Å². The number of rotatable bonds is 5. The summed E-state index contributed by atoms with van der Waals surface area (Å²) in [4.78, 5) is 16.8. The number of hydrogen-bond acceptors (Lipinski definition) is 5. The van der Waals surface area contributed by atoms with Gasteiger partial charge in [-0.25, -0.2) is 4.98 Å². The van der Waals surface area contributed by atoms with Crippen molar-refractivity contribution in [3.05, 3.63) is 60.9 Å². The fraction of sp³-hybridized carbons (Fsp3) is 0.316. The summed E-state index contributed by atoms with van der Waals surface area (Å²) in [6.45, 7) is 0.730. The number of amides is 1. The van der Waals surface area contributed by atoms with Gasteiger partial charge in [0.2, 0.25) is 5.76 Å². The molecule has 0 bridgehead atoms. The van der Waals surface area contributed by atoms with Crippen LogP contribution in [0.5, 0.6) is 0 Å². The van der Waals surface area contributed by atoms with Crippen LogP contribution in [0.15, 0.2) is 59.6 Å². The van der Waals surface area contributed by atoms with Crippen LogP contribution in [0.25, 0.3) is 11.3 Å². The minimum atomic E-state index is -0.581. The van der Waals surface area contributed by atoms with Crippen LogP contribution in [0.2, 0.25) is 0 Å². The molecule has 4 rings (SSSR count). The van der Waals surface area contributed by atoms with Gasteiger partial charge in [0.25, 0.3) is 5.91 Å². The minimum absolute atomic E-state index is 0.166. The number of carbonyl (C=O) groups excluding carboxylic acids is 1. The molecule has 1 unspecified atom stereocenters. The van der Waals surface area contributed by atoms with Gasteiger partial charge < -0.3 is 14.8 Å². The predicted octanol–water partition coefficient (Wildman–Crippen LogP) is 2.11. The quantitative estimate of drug-likeness (QED) is 0.733. The summed E-state index contributed by atoms with van der Waals surface area (Å²) in [6, 6.07) is 11.0. The van der Waals surface area contributed by atoms with E-state index in [1.54, 1.807) is 6.20 Å². The molecule has 0 spiro atoms. The number of hydrogen-bond donors (Lipinski definition) is 2. The van der Waals surface area contributed by atoms with E-state index in [-0.39, 0.29) is 23.6 Å². The van der Waals surface area contributed by atoms with Crippen molar-refractivity contribution in [2.45, 2.75) is 31.5 Å². The maximum atomic E-state index is 12.7. The topological polar surface area (TPSA) is 93.2 Å². The number of nitrogens with one attached hydrogen (secondary N) is 1. The summed E-state index contributed by atoms with van der Waals surface area (Å²) < 4.78 is 7.17. The Morgan fingerprint density at radius 3 is 2.88 bits per heavy atom. The van der Waals surface area contributed by atoms with Crippen LogP contribution < -0.4 is 5.32 Å². The Labute approximate surface area is 150 Å². The molecule has 7 heteroatoms. The van der Waals surface area contributed by atoms with E-state index in [0.29, 0.717) is 18.5 Å². The zero-order valence-electron chi connectivity index (χ0n) is 14.2.